The molecule has 1 saturated heterocycles. The van der Waals surface area contributed by atoms with E-state index in [-0.39, 0.29) is 18.4 Å². The predicted molar refractivity (Wildman–Crippen MR) is 139 cm³/mol. The Morgan fingerprint density at radius 1 is 0.974 bits per heavy atom. The van der Waals surface area contributed by atoms with Gasteiger partial charge in [0.05, 0.1) is 0 Å². The highest BCUT2D eigenvalue weighted by Gasteiger charge is 2.34. The van der Waals surface area contributed by atoms with Crippen LogP contribution in [0.2, 0.25) is 0 Å². The van der Waals surface area contributed by atoms with Crippen molar-refractivity contribution in [3.8, 4) is 0 Å². The number of aromatic carboxylic acids is 1. The molecule has 200 valence electrons. The summed E-state index contributed by atoms with van der Waals surface area (Å²) >= 11 is 0. The molecule has 1 aliphatic rings. The number of ether oxygens (including phenoxy) is 1. The van der Waals surface area contributed by atoms with E-state index in [0.29, 0.717) is 53.0 Å². The number of hydrogen-bond donors (Lipinski definition) is 2. The molecule has 0 radical (unpaired) electrons. The number of carboxylic acids is 1. The highest BCUT2D eigenvalue weighted by Crippen LogP contribution is 2.36. The van der Waals surface area contributed by atoms with Crippen molar-refractivity contribution in [2.24, 2.45) is 0 Å². The van der Waals surface area contributed by atoms with E-state index >= 15 is 0 Å². The molecule has 1 aliphatic heterocycles. The van der Waals surface area contributed by atoms with Gasteiger partial charge >= 0.3 is 22.3 Å². The smallest absolute Gasteiger partial charge is 0.422 e. The van der Waals surface area contributed by atoms with Gasteiger partial charge in [-0.2, -0.15) is 8.42 Å². The molecule has 0 atom stereocenters. The van der Waals surface area contributed by atoms with Gasteiger partial charge in [0, 0.05) is 26.2 Å². The second-order valence-electron chi connectivity index (χ2n) is 9.13. The van der Waals surface area contributed by atoms with Gasteiger partial charge in [0.15, 0.2) is 0 Å². The SMILES string of the molecule is CC(=O)N1CCC(c2c(Cc3ccccc3)cn(S(=O)(=O)NC(=O)OCc3ccccc3)c2C(=O)O)CC1. The minimum Gasteiger partial charge on any atom is -0.477 e. The fraction of sp³-hybridized carbons (Fsp3) is 0.296. The topological polar surface area (TPSA) is 135 Å². The maximum absolute atomic E-state index is 13.3. The Bertz CT molecular complexity index is 1410. The van der Waals surface area contributed by atoms with Crippen LogP contribution in [0.1, 0.15) is 58.4 Å². The van der Waals surface area contributed by atoms with Gasteiger partial charge in [-0.05, 0) is 47.4 Å². The minimum atomic E-state index is -4.65. The number of likely N-dealkylation sites (tertiary alicyclic amines) is 1. The van der Waals surface area contributed by atoms with Crippen LogP contribution in [0.25, 0.3) is 0 Å². The number of carboxylic acid groups (broad SMARTS) is 1. The third-order valence-corrected chi connectivity index (χ3v) is 7.80. The Morgan fingerprint density at radius 2 is 1.55 bits per heavy atom. The third-order valence-electron chi connectivity index (χ3n) is 6.57. The average Bonchev–Trinajstić information content (AvgIpc) is 3.29. The van der Waals surface area contributed by atoms with Gasteiger partial charge in [-0.3, -0.25) is 4.79 Å². The summed E-state index contributed by atoms with van der Waals surface area (Å²) in [5, 5.41) is 10.2. The van der Waals surface area contributed by atoms with E-state index in [9.17, 15) is 27.9 Å². The van der Waals surface area contributed by atoms with Crippen molar-refractivity contribution >= 4 is 28.2 Å². The summed E-state index contributed by atoms with van der Waals surface area (Å²) in [6.45, 7) is 2.20. The van der Waals surface area contributed by atoms with Crippen LogP contribution in [-0.4, -0.2) is 53.5 Å². The molecular weight excluding hydrogens is 510 g/mol. The largest absolute Gasteiger partial charge is 0.477 e. The zero-order valence-electron chi connectivity index (χ0n) is 20.9. The van der Waals surface area contributed by atoms with Crippen LogP contribution in [0.3, 0.4) is 0 Å². The first-order valence-corrected chi connectivity index (χ1v) is 13.6. The summed E-state index contributed by atoms with van der Waals surface area (Å²) in [6.07, 6.45) is 1.30. The molecule has 0 unspecified atom stereocenters. The maximum Gasteiger partial charge on any atom is 0.422 e. The summed E-state index contributed by atoms with van der Waals surface area (Å²) in [6, 6.07) is 18.0. The van der Waals surface area contributed by atoms with Crippen LogP contribution in [0.4, 0.5) is 4.79 Å². The van der Waals surface area contributed by atoms with E-state index in [1.807, 2.05) is 35.1 Å². The summed E-state index contributed by atoms with van der Waals surface area (Å²) < 4.78 is 34.0. The average molecular weight is 540 g/mol. The number of carbonyl (C=O) groups excluding carboxylic acids is 2. The summed E-state index contributed by atoms with van der Waals surface area (Å²) in [5.74, 6) is -1.78. The van der Waals surface area contributed by atoms with Gasteiger partial charge in [0.2, 0.25) is 5.91 Å². The van der Waals surface area contributed by atoms with Crippen molar-refractivity contribution in [1.82, 2.24) is 13.6 Å². The van der Waals surface area contributed by atoms with Crippen LogP contribution >= 0.6 is 0 Å². The number of rotatable bonds is 8. The van der Waals surface area contributed by atoms with Crippen LogP contribution in [0.15, 0.2) is 66.9 Å². The summed E-state index contributed by atoms with van der Waals surface area (Å²) in [5.41, 5.74) is 2.03. The Hall–Kier alpha value is -4.12. The van der Waals surface area contributed by atoms with Crippen molar-refractivity contribution in [3.63, 3.8) is 0 Å². The summed E-state index contributed by atoms with van der Waals surface area (Å²) in [7, 11) is -4.65. The van der Waals surface area contributed by atoms with Gasteiger partial charge in [-0.1, -0.05) is 60.7 Å². The minimum absolute atomic E-state index is 0.0650. The highest BCUT2D eigenvalue weighted by atomic mass is 32.2. The second kappa shape index (κ2) is 11.5. The van der Waals surface area contributed by atoms with Crippen molar-refractivity contribution < 1.29 is 32.6 Å². The molecule has 4 rings (SSSR count). The first-order valence-electron chi connectivity index (χ1n) is 12.2. The van der Waals surface area contributed by atoms with E-state index < -0.39 is 28.0 Å². The van der Waals surface area contributed by atoms with Gasteiger partial charge in [-0.15, -0.1) is 0 Å². The van der Waals surface area contributed by atoms with E-state index in [0.717, 1.165) is 5.56 Å². The number of amides is 2. The molecule has 0 saturated carbocycles. The third kappa shape index (κ3) is 6.23. The van der Waals surface area contributed by atoms with Crippen molar-refractivity contribution in [1.29, 1.82) is 0 Å². The van der Waals surface area contributed by atoms with Crippen LogP contribution < -0.4 is 4.72 Å². The van der Waals surface area contributed by atoms with E-state index in [1.54, 1.807) is 35.2 Å². The van der Waals surface area contributed by atoms with E-state index in [4.69, 9.17) is 4.74 Å². The van der Waals surface area contributed by atoms with Crippen LogP contribution in [-0.2, 0) is 32.8 Å². The monoisotopic (exact) mass is 539 g/mol. The molecule has 1 aromatic heterocycles. The first-order chi connectivity index (χ1) is 18.2. The van der Waals surface area contributed by atoms with Gasteiger partial charge in [0.25, 0.3) is 0 Å². The molecule has 38 heavy (non-hydrogen) atoms. The van der Waals surface area contributed by atoms with Crippen LogP contribution in [0.5, 0.6) is 0 Å². The van der Waals surface area contributed by atoms with E-state index in [2.05, 4.69) is 0 Å². The Balaban J connectivity index is 1.67. The lowest BCUT2D eigenvalue weighted by atomic mass is 9.85. The lowest BCUT2D eigenvalue weighted by Gasteiger charge is -2.32. The zero-order valence-corrected chi connectivity index (χ0v) is 21.7. The Kier molecular flexibility index (Phi) is 8.16. The second-order valence-corrected chi connectivity index (χ2v) is 10.7. The van der Waals surface area contributed by atoms with Gasteiger partial charge in [-0.25, -0.2) is 18.3 Å². The molecule has 11 heteroatoms. The molecule has 0 aliphatic carbocycles. The van der Waals surface area contributed by atoms with Crippen molar-refractivity contribution in [2.45, 2.75) is 38.7 Å². The molecule has 2 amide bonds. The van der Waals surface area contributed by atoms with Gasteiger partial charge in [0.1, 0.15) is 12.3 Å². The van der Waals surface area contributed by atoms with Crippen molar-refractivity contribution in [2.75, 3.05) is 13.1 Å². The predicted octanol–water partition coefficient (Wildman–Crippen LogP) is 3.52. The number of hydrogen-bond acceptors (Lipinski definition) is 6. The summed E-state index contributed by atoms with van der Waals surface area (Å²) in [4.78, 5) is 38.3. The number of piperidine rings is 1. The zero-order chi connectivity index (χ0) is 27.3. The number of carbonyl (C=O) groups is 3. The molecule has 0 bridgehead atoms. The fourth-order valence-electron chi connectivity index (χ4n) is 4.75. The molecule has 10 nitrogen and oxygen atoms in total. The maximum atomic E-state index is 13.3. The molecule has 1 fully saturated rings. The van der Waals surface area contributed by atoms with Crippen molar-refractivity contribution in [3.05, 3.63) is 94.8 Å². The lowest BCUT2D eigenvalue weighted by molar-refractivity contribution is -0.129. The number of benzene rings is 2. The Labute approximate surface area is 221 Å². The number of aromatic nitrogens is 1. The quantitative estimate of drug-likeness (QED) is 0.447. The fourth-order valence-corrected chi connectivity index (χ4v) is 5.80. The lowest BCUT2D eigenvalue weighted by Crippen LogP contribution is -2.38. The Morgan fingerprint density at radius 3 is 2.11 bits per heavy atom. The number of nitrogens with zero attached hydrogens (tertiary/aromatic N) is 2. The highest BCUT2D eigenvalue weighted by molar-refractivity contribution is 7.88. The first kappa shape index (κ1) is 26.9. The van der Waals surface area contributed by atoms with Crippen LogP contribution in [0, 0.1) is 0 Å². The van der Waals surface area contributed by atoms with E-state index in [1.165, 1.54) is 13.1 Å². The normalized spacial score (nSPS) is 14.2. The molecule has 0 spiro atoms. The standard InChI is InChI=1S/C27H29N3O7S/c1-19(31)29-14-12-22(13-15-29)24-23(16-20-8-4-2-5-9-20)17-30(25(24)26(32)33)38(35,36)28-27(34)37-18-21-10-6-3-7-11-21/h2-11,17,22H,12-16,18H2,1H3,(H,28,34)(H,32,33). The van der Waals surface area contributed by atoms with Gasteiger partial charge < -0.3 is 14.7 Å². The molecule has 2 N–H and O–H groups in total. The molecule has 2 heterocycles. The molecular formula is C27H29N3O7S. The molecule has 3 aromatic rings. The molecule has 2 aromatic carbocycles. The number of nitrogens with one attached hydrogen (secondary N) is 1.